The maximum atomic E-state index is 11.2. The summed E-state index contributed by atoms with van der Waals surface area (Å²) in [4.78, 5) is 20.8. The maximum absolute atomic E-state index is 11.2. The molecule has 8 heteroatoms. The van der Waals surface area contributed by atoms with Crippen LogP contribution in [0.2, 0.25) is 0 Å². The number of hydrazine groups is 1. The Hall–Kier alpha value is -2.84. The van der Waals surface area contributed by atoms with Crippen molar-refractivity contribution in [3.05, 3.63) is 79.9 Å². The summed E-state index contributed by atoms with van der Waals surface area (Å²) in [6.07, 6.45) is 0.614. The topological polar surface area (TPSA) is 110 Å². The van der Waals surface area contributed by atoms with Crippen molar-refractivity contribution in [2.75, 3.05) is 0 Å². The molecule has 1 fully saturated rings. The number of nitrogens with one attached hydrogen (secondary N) is 2. The number of nitro groups is 2. The van der Waals surface area contributed by atoms with Crippen molar-refractivity contribution in [3.8, 4) is 0 Å². The Morgan fingerprint density at radius 2 is 1.61 bits per heavy atom. The molecule has 1 aliphatic rings. The second-order valence-electron chi connectivity index (χ2n) is 5.30. The highest BCUT2D eigenvalue weighted by Crippen LogP contribution is 2.36. The lowest BCUT2D eigenvalue weighted by Gasteiger charge is -2.10. The molecule has 2 unspecified atom stereocenters. The lowest BCUT2D eigenvalue weighted by atomic mass is 9.96. The Labute approximate surface area is 131 Å². The zero-order chi connectivity index (χ0) is 16.4. The first-order valence-corrected chi connectivity index (χ1v) is 7.05. The van der Waals surface area contributed by atoms with Crippen molar-refractivity contribution >= 4 is 11.4 Å². The number of hydrogen-bond acceptors (Lipinski definition) is 6. The number of hydrogen-bond donors (Lipinski definition) is 2. The van der Waals surface area contributed by atoms with Crippen molar-refractivity contribution < 1.29 is 9.85 Å². The van der Waals surface area contributed by atoms with Gasteiger partial charge in [0, 0.05) is 17.7 Å². The van der Waals surface area contributed by atoms with Crippen LogP contribution in [-0.4, -0.2) is 9.85 Å². The van der Waals surface area contributed by atoms with Crippen LogP contribution in [0.3, 0.4) is 0 Å². The first kappa shape index (κ1) is 15.1. The molecule has 0 bridgehead atoms. The van der Waals surface area contributed by atoms with Crippen LogP contribution in [0.5, 0.6) is 0 Å². The summed E-state index contributed by atoms with van der Waals surface area (Å²) in [7, 11) is 0. The van der Waals surface area contributed by atoms with Gasteiger partial charge in [0.05, 0.1) is 22.0 Å². The van der Waals surface area contributed by atoms with Crippen LogP contribution in [0.15, 0.2) is 48.5 Å². The Morgan fingerprint density at radius 1 is 0.913 bits per heavy atom. The molecule has 2 aromatic rings. The van der Waals surface area contributed by atoms with Crippen LogP contribution in [0.25, 0.3) is 0 Å². The third kappa shape index (κ3) is 3.03. The number of non-ortho nitro benzene ring substituents is 1. The van der Waals surface area contributed by atoms with Gasteiger partial charge >= 0.3 is 0 Å². The van der Waals surface area contributed by atoms with Crippen LogP contribution in [0, 0.1) is 20.2 Å². The quantitative estimate of drug-likeness (QED) is 0.663. The molecule has 3 rings (SSSR count). The lowest BCUT2D eigenvalue weighted by Crippen LogP contribution is -2.27. The van der Waals surface area contributed by atoms with E-state index in [1.807, 2.05) is 30.3 Å². The first-order chi connectivity index (χ1) is 11.1. The second kappa shape index (κ2) is 6.11. The predicted octanol–water partition coefficient (Wildman–Crippen LogP) is 2.78. The molecule has 0 radical (unpaired) electrons. The third-order valence-corrected chi connectivity index (χ3v) is 3.90. The summed E-state index contributed by atoms with van der Waals surface area (Å²) in [5.74, 6) is 0. The van der Waals surface area contributed by atoms with Crippen LogP contribution in [0.1, 0.15) is 29.6 Å². The summed E-state index contributed by atoms with van der Waals surface area (Å²) in [6, 6.07) is 13.2. The van der Waals surface area contributed by atoms with E-state index in [1.165, 1.54) is 12.1 Å². The fourth-order valence-corrected chi connectivity index (χ4v) is 2.76. The number of rotatable bonds is 4. The van der Waals surface area contributed by atoms with Gasteiger partial charge in [0.1, 0.15) is 0 Å². The molecule has 1 saturated heterocycles. The van der Waals surface area contributed by atoms with E-state index in [2.05, 4.69) is 10.9 Å². The van der Waals surface area contributed by atoms with Gasteiger partial charge in [-0.05, 0) is 18.1 Å². The van der Waals surface area contributed by atoms with Gasteiger partial charge in [-0.2, -0.15) is 0 Å². The van der Waals surface area contributed by atoms with E-state index in [9.17, 15) is 20.2 Å². The molecule has 1 aliphatic heterocycles. The van der Waals surface area contributed by atoms with Crippen LogP contribution >= 0.6 is 0 Å². The third-order valence-electron chi connectivity index (χ3n) is 3.90. The summed E-state index contributed by atoms with van der Waals surface area (Å²) >= 11 is 0. The number of nitrogens with zero attached hydrogens (tertiary/aromatic N) is 2. The van der Waals surface area contributed by atoms with E-state index in [0.717, 1.165) is 11.6 Å². The average Bonchev–Trinajstić information content (AvgIpc) is 3.04. The number of benzene rings is 2. The van der Waals surface area contributed by atoms with Gasteiger partial charge in [0.2, 0.25) is 0 Å². The molecule has 0 spiro atoms. The molecule has 0 aromatic heterocycles. The highest BCUT2D eigenvalue weighted by molar-refractivity contribution is 5.50. The SMILES string of the molecule is O=[N+]([O-])c1ccc(C2CC(c3ccccc3)NN2)c([N+](=O)[O-])c1. The Bertz CT molecular complexity index is 750. The van der Waals surface area contributed by atoms with Gasteiger partial charge in [0.25, 0.3) is 11.4 Å². The van der Waals surface area contributed by atoms with Crippen molar-refractivity contribution in [3.63, 3.8) is 0 Å². The molecular formula is C15H14N4O4. The smallest absolute Gasteiger partial charge is 0.258 e. The van der Waals surface area contributed by atoms with Crippen LogP contribution in [-0.2, 0) is 0 Å². The largest absolute Gasteiger partial charge is 0.281 e. The Morgan fingerprint density at radius 3 is 2.26 bits per heavy atom. The van der Waals surface area contributed by atoms with E-state index in [1.54, 1.807) is 0 Å². The minimum absolute atomic E-state index is 0.0241. The van der Waals surface area contributed by atoms with Gasteiger partial charge in [-0.1, -0.05) is 30.3 Å². The van der Waals surface area contributed by atoms with Crippen LogP contribution in [0.4, 0.5) is 11.4 Å². The van der Waals surface area contributed by atoms with E-state index in [0.29, 0.717) is 12.0 Å². The van der Waals surface area contributed by atoms with Crippen molar-refractivity contribution in [1.29, 1.82) is 0 Å². The Balaban J connectivity index is 1.88. The fourth-order valence-electron chi connectivity index (χ4n) is 2.76. The molecule has 118 valence electrons. The fraction of sp³-hybridized carbons (Fsp3) is 0.200. The van der Waals surface area contributed by atoms with Crippen molar-refractivity contribution in [2.24, 2.45) is 0 Å². The number of nitro benzene ring substituents is 2. The standard InChI is InChI=1S/C15H14N4O4/c20-18(21)11-6-7-12(15(8-11)19(22)23)14-9-13(16-17-14)10-4-2-1-3-5-10/h1-8,13-14,16-17H,9H2. The van der Waals surface area contributed by atoms with Crippen molar-refractivity contribution in [2.45, 2.75) is 18.5 Å². The molecule has 8 nitrogen and oxygen atoms in total. The minimum atomic E-state index is -0.635. The van der Waals surface area contributed by atoms with Crippen LogP contribution < -0.4 is 10.9 Å². The molecule has 2 N–H and O–H groups in total. The summed E-state index contributed by atoms with van der Waals surface area (Å²) in [5.41, 5.74) is 7.14. The van der Waals surface area contributed by atoms with Gasteiger partial charge in [-0.15, -0.1) is 0 Å². The van der Waals surface area contributed by atoms with E-state index in [-0.39, 0.29) is 23.5 Å². The molecule has 2 aromatic carbocycles. The predicted molar refractivity (Wildman–Crippen MR) is 82.6 cm³/mol. The van der Waals surface area contributed by atoms with E-state index < -0.39 is 9.85 Å². The second-order valence-corrected chi connectivity index (χ2v) is 5.30. The minimum Gasteiger partial charge on any atom is -0.258 e. The van der Waals surface area contributed by atoms with E-state index >= 15 is 0 Å². The van der Waals surface area contributed by atoms with E-state index in [4.69, 9.17) is 0 Å². The maximum Gasteiger partial charge on any atom is 0.281 e. The Kier molecular flexibility index (Phi) is 4.00. The highest BCUT2D eigenvalue weighted by atomic mass is 16.6. The monoisotopic (exact) mass is 314 g/mol. The zero-order valence-electron chi connectivity index (χ0n) is 12.0. The molecule has 0 aliphatic carbocycles. The van der Waals surface area contributed by atoms with Crippen molar-refractivity contribution in [1.82, 2.24) is 10.9 Å². The van der Waals surface area contributed by atoms with Gasteiger partial charge in [0.15, 0.2) is 0 Å². The molecule has 0 saturated carbocycles. The molecule has 2 atom stereocenters. The summed E-state index contributed by atoms with van der Waals surface area (Å²) < 4.78 is 0. The average molecular weight is 314 g/mol. The molecule has 23 heavy (non-hydrogen) atoms. The zero-order valence-corrected chi connectivity index (χ0v) is 12.0. The summed E-state index contributed by atoms with van der Waals surface area (Å²) in [6.45, 7) is 0. The molecule has 1 heterocycles. The van der Waals surface area contributed by atoms with Gasteiger partial charge in [-0.3, -0.25) is 20.2 Å². The lowest BCUT2D eigenvalue weighted by molar-refractivity contribution is -0.394. The van der Waals surface area contributed by atoms with Gasteiger partial charge in [-0.25, -0.2) is 10.9 Å². The first-order valence-electron chi connectivity index (χ1n) is 7.05. The molecular weight excluding hydrogens is 300 g/mol. The highest BCUT2D eigenvalue weighted by Gasteiger charge is 2.31. The normalized spacial score (nSPS) is 20.3. The summed E-state index contributed by atoms with van der Waals surface area (Å²) in [5, 5.41) is 22.0. The molecule has 0 amide bonds. The van der Waals surface area contributed by atoms with Gasteiger partial charge < -0.3 is 0 Å².